The molecule has 7 nitrogen and oxygen atoms in total. The number of ether oxygens (including phenoxy) is 2. The molecule has 0 radical (unpaired) electrons. The number of rotatable bonds is 5. The fourth-order valence-corrected chi connectivity index (χ4v) is 5.53. The molecule has 2 saturated heterocycles. The maximum Gasteiger partial charge on any atom is 0.232 e. The average molecular weight is 404 g/mol. The summed E-state index contributed by atoms with van der Waals surface area (Å²) in [5, 5.41) is 0. The molecule has 1 unspecified atom stereocenters. The molecule has 2 aliphatic rings. The van der Waals surface area contributed by atoms with Crippen molar-refractivity contribution < 1.29 is 17.9 Å². The second-order valence-corrected chi connectivity index (χ2v) is 9.42. The van der Waals surface area contributed by atoms with E-state index in [1.165, 1.54) is 0 Å². The summed E-state index contributed by atoms with van der Waals surface area (Å²) in [4.78, 5) is 8.21. The van der Waals surface area contributed by atoms with Gasteiger partial charge in [0.1, 0.15) is 6.10 Å². The van der Waals surface area contributed by atoms with Crippen molar-refractivity contribution in [2.24, 2.45) is 0 Å². The van der Waals surface area contributed by atoms with E-state index in [1.807, 2.05) is 30.3 Å². The molecule has 2 aliphatic heterocycles. The summed E-state index contributed by atoms with van der Waals surface area (Å²) in [7, 11) is -3.33. The molecule has 2 aromatic rings. The van der Waals surface area contributed by atoms with Crippen molar-refractivity contribution in [1.82, 2.24) is 14.3 Å². The molecular formula is C20H25N3O4S. The minimum absolute atomic E-state index is 0.0120. The molecule has 3 heterocycles. The monoisotopic (exact) mass is 403 g/mol. The number of nitrogens with zero attached hydrogens (tertiary/aromatic N) is 3. The van der Waals surface area contributed by atoms with E-state index in [4.69, 9.17) is 9.47 Å². The summed E-state index contributed by atoms with van der Waals surface area (Å²) < 4.78 is 39.2. The molecule has 0 bridgehead atoms. The van der Waals surface area contributed by atoms with Crippen LogP contribution in [0.5, 0.6) is 5.88 Å². The first kappa shape index (κ1) is 19.3. The van der Waals surface area contributed by atoms with Gasteiger partial charge in [0, 0.05) is 38.3 Å². The smallest absolute Gasteiger partial charge is 0.232 e. The predicted molar refractivity (Wildman–Crippen MR) is 104 cm³/mol. The summed E-state index contributed by atoms with van der Waals surface area (Å²) in [6, 6.07) is 9.32. The van der Waals surface area contributed by atoms with Gasteiger partial charge in [0.25, 0.3) is 0 Å². The summed E-state index contributed by atoms with van der Waals surface area (Å²) in [5.41, 5.74) is 0.498. The highest BCUT2D eigenvalue weighted by atomic mass is 32.2. The van der Waals surface area contributed by atoms with Crippen LogP contribution in [0.25, 0.3) is 0 Å². The fraction of sp³-hybridized carbons (Fsp3) is 0.500. The van der Waals surface area contributed by atoms with Crippen molar-refractivity contribution in [2.45, 2.75) is 43.1 Å². The Kier molecular flexibility index (Phi) is 5.61. The lowest BCUT2D eigenvalue weighted by Gasteiger charge is -2.45. The third-order valence-electron chi connectivity index (χ3n) is 5.49. The Bertz CT molecular complexity index is 869. The van der Waals surface area contributed by atoms with Gasteiger partial charge in [-0.25, -0.2) is 17.7 Å². The number of aromatic nitrogens is 2. The van der Waals surface area contributed by atoms with Gasteiger partial charge >= 0.3 is 0 Å². The molecule has 0 saturated carbocycles. The fourth-order valence-electron chi connectivity index (χ4n) is 4.00. The van der Waals surface area contributed by atoms with Crippen LogP contribution < -0.4 is 4.74 Å². The highest BCUT2D eigenvalue weighted by Crippen LogP contribution is 2.37. The molecule has 2 fully saturated rings. The average Bonchev–Trinajstić information content (AvgIpc) is 2.70. The van der Waals surface area contributed by atoms with Crippen LogP contribution >= 0.6 is 0 Å². The van der Waals surface area contributed by atoms with Gasteiger partial charge in [0.15, 0.2) is 0 Å². The predicted octanol–water partition coefficient (Wildman–Crippen LogP) is 2.40. The number of sulfonamides is 1. The third-order valence-corrected chi connectivity index (χ3v) is 7.34. The van der Waals surface area contributed by atoms with Crippen LogP contribution in [-0.4, -0.2) is 54.1 Å². The zero-order valence-electron chi connectivity index (χ0n) is 15.7. The van der Waals surface area contributed by atoms with Crippen molar-refractivity contribution in [3.63, 3.8) is 0 Å². The van der Waals surface area contributed by atoms with Gasteiger partial charge in [0.2, 0.25) is 15.9 Å². The Morgan fingerprint density at radius 2 is 1.96 bits per heavy atom. The third kappa shape index (κ3) is 4.51. The maximum atomic E-state index is 12.8. The van der Waals surface area contributed by atoms with Crippen molar-refractivity contribution in [3.05, 3.63) is 54.5 Å². The summed E-state index contributed by atoms with van der Waals surface area (Å²) in [5.74, 6) is 0.563. The van der Waals surface area contributed by atoms with Gasteiger partial charge in [-0.05, 0) is 18.4 Å². The second-order valence-electron chi connectivity index (χ2n) is 7.45. The van der Waals surface area contributed by atoms with Crippen molar-refractivity contribution in [1.29, 1.82) is 0 Å². The minimum Gasteiger partial charge on any atom is -0.473 e. The first-order valence-corrected chi connectivity index (χ1v) is 11.2. The molecule has 0 N–H and O–H groups in total. The second kappa shape index (κ2) is 8.14. The van der Waals surface area contributed by atoms with E-state index < -0.39 is 10.0 Å². The molecule has 8 heteroatoms. The molecule has 1 atom stereocenters. The Morgan fingerprint density at radius 3 is 2.68 bits per heavy atom. The number of benzene rings is 1. The van der Waals surface area contributed by atoms with Crippen molar-refractivity contribution >= 4 is 10.0 Å². The number of piperidine rings is 1. The van der Waals surface area contributed by atoms with Gasteiger partial charge in [-0.15, -0.1) is 0 Å². The molecule has 0 aliphatic carbocycles. The largest absolute Gasteiger partial charge is 0.473 e. The van der Waals surface area contributed by atoms with Gasteiger partial charge in [-0.3, -0.25) is 4.98 Å². The Morgan fingerprint density at radius 1 is 1.18 bits per heavy atom. The minimum atomic E-state index is -3.33. The summed E-state index contributed by atoms with van der Waals surface area (Å²) in [6.45, 7) is 1.57. The van der Waals surface area contributed by atoms with E-state index in [9.17, 15) is 8.42 Å². The number of hydrogen-bond acceptors (Lipinski definition) is 6. The molecule has 1 aromatic heterocycles. The van der Waals surface area contributed by atoms with Crippen LogP contribution in [0, 0.1) is 0 Å². The Balaban J connectivity index is 1.36. The molecule has 4 rings (SSSR count). The molecule has 1 aromatic carbocycles. The van der Waals surface area contributed by atoms with Gasteiger partial charge in [-0.1, -0.05) is 30.3 Å². The quantitative estimate of drug-likeness (QED) is 0.763. The van der Waals surface area contributed by atoms with E-state index >= 15 is 0 Å². The van der Waals surface area contributed by atoms with E-state index in [2.05, 4.69) is 9.97 Å². The standard InChI is InChI=1S/C20H25N3O4S/c24-28(25,16-17-4-2-1-3-5-17)23-11-7-20(8-12-23)14-18(6-13-26-20)27-19-15-21-9-10-22-19/h1-5,9-10,15,18H,6-8,11-14,16H2. The maximum absolute atomic E-state index is 12.8. The van der Waals surface area contributed by atoms with Gasteiger partial charge in [-0.2, -0.15) is 0 Å². The van der Waals surface area contributed by atoms with E-state index in [0.717, 1.165) is 18.4 Å². The molecular weight excluding hydrogens is 378 g/mol. The Labute approximate surface area is 165 Å². The van der Waals surface area contributed by atoms with Crippen LogP contribution in [0.2, 0.25) is 0 Å². The molecule has 1 spiro atoms. The lowest BCUT2D eigenvalue weighted by Crippen LogP contribution is -2.52. The summed E-state index contributed by atoms with van der Waals surface area (Å²) >= 11 is 0. The SMILES string of the molecule is O=S(=O)(Cc1ccccc1)N1CCC2(CC1)CC(Oc1cnccn1)CCO2. The lowest BCUT2D eigenvalue weighted by atomic mass is 9.84. The van der Waals surface area contributed by atoms with E-state index in [1.54, 1.807) is 22.9 Å². The molecule has 150 valence electrons. The molecule has 0 amide bonds. The molecule has 28 heavy (non-hydrogen) atoms. The highest BCUT2D eigenvalue weighted by molar-refractivity contribution is 7.88. The van der Waals surface area contributed by atoms with Crippen LogP contribution in [0.1, 0.15) is 31.2 Å². The normalized spacial score (nSPS) is 22.8. The van der Waals surface area contributed by atoms with Crippen molar-refractivity contribution in [3.8, 4) is 5.88 Å². The zero-order chi connectivity index (χ0) is 19.5. The van der Waals surface area contributed by atoms with E-state index in [0.29, 0.717) is 38.4 Å². The topological polar surface area (TPSA) is 81.6 Å². The van der Waals surface area contributed by atoms with Gasteiger partial charge in [0.05, 0.1) is 24.2 Å². The van der Waals surface area contributed by atoms with Gasteiger partial charge < -0.3 is 9.47 Å². The van der Waals surface area contributed by atoms with Crippen LogP contribution in [-0.2, 0) is 20.5 Å². The lowest BCUT2D eigenvalue weighted by molar-refractivity contribution is -0.133. The van der Waals surface area contributed by atoms with Crippen LogP contribution in [0.4, 0.5) is 0 Å². The summed E-state index contributed by atoms with van der Waals surface area (Å²) in [6.07, 6.45) is 7.76. The Hall–Kier alpha value is -2.03. The van der Waals surface area contributed by atoms with E-state index in [-0.39, 0.29) is 17.5 Å². The van der Waals surface area contributed by atoms with Crippen LogP contribution in [0.3, 0.4) is 0 Å². The highest BCUT2D eigenvalue weighted by Gasteiger charge is 2.43. The van der Waals surface area contributed by atoms with Crippen LogP contribution in [0.15, 0.2) is 48.9 Å². The van der Waals surface area contributed by atoms with Crippen molar-refractivity contribution in [2.75, 3.05) is 19.7 Å². The zero-order valence-corrected chi connectivity index (χ0v) is 16.6. The first-order valence-electron chi connectivity index (χ1n) is 9.63. The number of hydrogen-bond donors (Lipinski definition) is 0. The first-order chi connectivity index (χ1) is 13.5.